The Morgan fingerprint density at radius 3 is 2.92 bits per heavy atom. The van der Waals surface area contributed by atoms with Gasteiger partial charge in [-0.15, -0.1) is 0 Å². The quantitative estimate of drug-likeness (QED) is 0.473. The Labute approximate surface area is 76.3 Å². The van der Waals surface area contributed by atoms with Gasteiger partial charge in [-0.2, -0.15) is 0 Å². The van der Waals surface area contributed by atoms with E-state index in [-0.39, 0.29) is 12.3 Å². The number of halogens is 1. The number of aliphatic hydroxyl groups excluding tert-OH is 1. The van der Waals surface area contributed by atoms with E-state index in [4.69, 9.17) is 5.11 Å². The highest BCUT2D eigenvalue weighted by Crippen LogP contribution is 2.18. The second-order valence-corrected chi connectivity index (χ2v) is 2.81. The van der Waals surface area contributed by atoms with E-state index in [1.807, 2.05) is 0 Å². The molecule has 0 atom stereocenters. The van der Waals surface area contributed by atoms with Crippen LogP contribution in [0.15, 0.2) is 16.9 Å². The van der Waals surface area contributed by atoms with Crippen molar-refractivity contribution in [1.82, 2.24) is 4.98 Å². The van der Waals surface area contributed by atoms with Crippen molar-refractivity contribution < 1.29 is 10.0 Å². The van der Waals surface area contributed by atoms with Gasteiger partial charge in [0, 0.05) is 11.6 Å². The van der Waals surface area contributed by atoms with Crippen LogP contribution in [-0.4, -0.2) is 15.0 Å². The maximum absolute atomic E-state index is 10.2. The van der Waals surface area contributed by atoms with Crippen LogP contribution in [0, 0.1) is 10.1 Å². The molecule has 12 heavy (non-hydrogen) atoms. The zero-order chi connectivity index (χ0) is 9.14. The molecule has 1 aromatic heterocycles. The third-order valence-electron chi connectivity index (χ3n) is 1.28. The third-order valence-corrected chi connectivity index (χ3v) is 1.99. The van der Waals surface area contributed by atoms with E-state index in [0.29, 0.717) is 10.2 Å². The first-order chi connectivity index (χ1) is 5.65. The smallest absolute Gasteiger partial charge is 0.288 e. The summed E-state index contributed by atoms with van der Waals surface area (Å²) in [6.45, 7) is -0.269. The number of pyridine rings is 1. The average molecular weight is 233 g/mol. The lowest BCUT2D eigenvalue weighted by atomic mass is 10.3. The summed E-state index contributed by atoms with van der Waals surface area (Å²) < 4.78 is 0.426. The Kier molecular flexibility index (Phi) is 2.72. The van der Waals surface area contributed by atoms with Crippen molar-refractivity contribution in [2.45, 2.75) is 6.61 Å². The Hall–Kier alpha value is -1.01. The predicted molar refractivity (Wildman–Crippen MR) is 44.5 cm³/mol. The van der Waals surface area contributed by atoms with Gasteiger partial charge in [-0.05, 0) is 15.9 Å². The zero-order valence-corrected chi connectivity index (χ0v) is 7.48. The number of rotatable bonds is 2. The molecule has 1 aromatic rings. The lowest BCUT2D eigenvalue weighted by Gasteiger charge is -1.97. The first kappa shape index (κ1) is 9.08. The standard InChI is InChI=1S/C6H5BrN2O3/c7-6-4(3-10)1-5(2-8-6)9(11)12/h1-2,10H,3H2. The molecule has 64 valence electrons. The Morgan fingerprint density at radius 2 is 2.42 bits per heavy atom. The fraction of sp³-hybridized carbons (Fsp3) is 0.167. The molecule has 1 rings (SSSR count). The molecule has 0 saturated heterocycles. The summed E-state index contributed by atoms with van der Waals surface area (Å²) in [5, 5.41) is 19.0. The summed E-state index contributed by atoms with van der Waals surface area (Å²) in [7, 11) is 0. The maximum Gasteiger partial charge on any atom is 0.288 e. The molecule has 0 amide bonds. The average Bonchev–Trinajstić information content (AvgIpc) is 2.05. The lowest BCUT2D eigenvalue weighted by molar-refractivity contribution is -0.385. The molecule has 1 N–H and O–H groups in total. The fourth-order valence-corrected chi connectivity index (χ4v) is 1.03. The SMILES string of the molecule is O=[N+]([O-])c1cnc(Br)c(CO)c1. The molecule has 0 radical (unpaired) electrons. The van der Waals surface area contributed by atoms with Crippen LogP contribution >= 0.6 is 15.9 Å². The van der Waals surface area contributed by atoms with Gasteiger partial charge in [0.15, 0.2) is 0 Å². The molecule has 0 spiro atoms. The van der Waals surface area contributed by atoms with Gasteiger partial charge in [0.2, 0.25) is 0 Å². The van der Waals surface area contributed by atoms with Crippen LogP contribution in [-0.2, 0) is 6.61 Å². The van der Waals surface area contributed by atoms with Gasteiger partial charge in [-0.3, -0.25) is 10.1 Å². The molecular weight excluding hydrogens is 228 g/mol. The lowest BCUT2D eigenvalue weighted by Crippen LogP contribution is -1.94. The number of nitro groups is 1. The number of aromatic nitrogens is 1. The summed E-state index contributed by atoms with van der Waals surface area (Å²) in [5.74, 6) is 0. The van der Waals surface area contributed by atoms with E-state index in [2.05, 4.69) is 20.9 Å². The number of hydrogen-bond acceptors (Lipinski definition) is 4. The van der Waals surface area contributed by atoms with Crippen LogP contribution in [0.1, 0.15) is 5.56 Å². The zero-order valence-electron chi connectivity index (χ0n) is 5.90. The second-order valence-electron chi connectivity index (χ2n) is 2.06. The summed E-state index contributed by atoms with van der Waals surface area (Å²) in [4.78, 5) is 13.4. The molecule has 0 aliphatic carbocycles. The topological polar surface area (TPSA) is 76.3 Å². The molecule has 1 heterocycles. The van der Waals surface area contributed by atoms with Gasteiger partial charge in [0.25, 0.3) is 5.69 Å². The number of hydrogen-bond donors (Lipinski definition) is 1. The molecule has 0 aromatic carbocycles. The van der Waals surface area contributed by atoms with Gasteiger partial charge < -0.3 is 5.11 Å². The molecule has 0 aliphatic rings. The van der Waals surface area contributed by atoms with Crippen molar-refractivity contribution in [2.24, 2.45) is 0 Å². The molecule has 0 saturated carbocycles. The van der Waals surface area contributed by atoms with Crippen LogP contribution in [0.25, 0.3) is 0 Å². The van der Waals surface area contributed by atoms with E-state index >= 15 is 0 Å². The Bertz CT molecular complexity index is 316. The molecular formula is C6H5BrN2O3. The summed E-state index contributed by atoms with van der Waals surface area (Å²) in [6.07, 6.45) is 1.13. The largest absolute Gasteiger partial charge is 0.392 e. The van der Waals surface area contributed by atoms with Crippen molar-refractivity contribution in [3.63, 3.8) is 0 Å². The number of aliphatic hydroxyl groups is 1. The minimum Gasteiger partial charge on any atom is -0.392 e. The van der Waals surface area contributed by atoms with Crippen LogP contribution in [0.4, 0.5) is 5.69 Å². The summed E-state index contributed by atoms with van der Waals surface area (Å²) >= 11 is 3.05. The van der Waals surface area contributed by atoms with Crippen LogP contribution in [0.2, 0.25) is 0 Å². The fourth-order valence-electron chi connectivity index (χ4n) is 0.692. The molecule has 0 fully saturated rings. The van der Waals surface area contributed by atoms with Gasteiger partial charge in [-0.25, -0.2) is 4.98 Å². The van der Waals surface area contributed by atoms with E-state index in [1.54, 1.807) is 0 Å². The van der Waals surface area contributed by atoms with E-state index < -0.39 is 4.92 Å². The second kappa shape index (κ2) is 3.59. The van der Waals surface area contributed by atoms with Gasteiger partial charge in [0.05, 0.1) is 11.5 Å². The van der Waals surface area contributed by atoms with Gasteiger partial charge in [-0.1, -0.05) is 0 Å². The number of nitrogens with zero attached hydrogens (tertiary/aromatic N) is 2. The van der Waals surface area contributed by atoms with Crippen molar-refractivity contribution >= 4 is 21.6 Å². The van der Waals surface area contributed by atoms with Crippen LogP contribution in [0.5, 0.6) is 0 Å². The van der Waals surface area contributed by atoms with Crippen LogP contribution in [0.3, 0.4) is 0 Å². The predicted octanol–water partition coefficient (Wildman–Crippen LogP) is 1.24. The van der Waals surface area contributed by atoms with Crippen molar-refractivity contribution in [3.05, 3.63) is 32.5 Å². The summed E-state index contributed by atoms with van der Waals surface area (Å²) in [6, 6.07) is 1.27. The highest BCUT2D eigenvalue weighted by Gasteiger charge is 2.09. The van der Waals surface area contributed by atoms with E-state index in [1.165, 1.54) is 6.07 Å². The monoisotopic (exact) mass is 232 g/mol. The van der Waals surface area contributed by atoms with Crippen molar-refractivity contribution in [3.8, 4) is 0 Å². The van der Waals surface area contributed by atoms with Crippen LogP contribution < -0.4 is 0 Å². The van der Waals surface area contributed by atoms with Gasteiger partial charge >= 0.3 is 0 Å². The van der Waals surface area contributed by atoms with Gasteiger partial charge in [0.1, 0.15) is 10.8 Å². The highest BCUT2D eigenvalue weighted by molar-refractivity contribution is 9.10. The Balaban J connectivity index is 3.13. The summed E-state index contributed by atoms with van der Waals surface area (Å²) in [5.41, 5.74) is 0.284. The van der Waals surface area contributed by atoms with Crippen molar-refractivity contribution in [1.29, 1.82) is 0 Å². The molecule has 6 heteroatoms. The minimum atomic E-state index is -0.557. The van der Waals surface area contributed by atoms with E-state index in [9.17, 15) is 10.1 Å². The molecule has 0 aliphatic heterocycles. The molecule has 0 bridgehead atoms. The third kappa shape index (κ3) is 1.77. The minimum absolute atomic E-state index is 0.123. The van der Waals surface area contributed by atoms with Crippen molar-refractivity contribution in [2.75, 3.05) is 0 Å². The maximum atomic E-state index is 10.2. The highest BCUT2D eigenvalue weighted by atomic mass is 79.9. The van der Waals surface area contributed by atoms with E-state index in [0.717, 1.165) is 6.20 Å². The first-order valence-electron chi connectivity index (χ1n) is 3.05. The Morgan fingerprint density at radius 1 is 1.75 bits per heavy atom. The molecule has 0 unspecified atom stereocenters. The first-order valence-corrected chi connectivity index (χ1v) is 3.84. The normalized spacial score (nSPS) is 9.83. The molecule has 5 nitrogen and oxygen atoms in total.